The summed E-state index contributed by atoms with van der Waals surface area (Å²) in [5.41, 5.74) is 10.6. The summed E-state index contributed by atoms with van der Waals surface area (Å²) in [6.45, 7) is -0.609. The highest BCUT2D eigenvalue weighted by molar-refractivity contribution is 6.07. The first kappa shape index (κ1) is 39.9. The van der Waals surface area contributed by atoms with Crippen molar-refractivity contribution in [1.29, 1.82) is 0 Å². The molecule has 0 radical (unpaired) electrons. The minimum absolute atomic E-state index is 0.00279. The SMILES string of the molecule is NC(N)=NCCC[C@@H](NC(=O)[C@H](CC(=O)O)N1CCN(C(=O)[C@H](CCN=O)N2C(=O)N[C@@H](CCCN=O)C2=O)CC1)C(=O)NCCC(=O)O. The van der Waals surface area contributed by atoms with Crippen LogP contribution in [0.1, 0.15) is 44.9 Å². The number of nitrogens with two attached hydrogens (primary N) is 2. The van der Waals surface area contributed by atoms with Crippen LogP contribution >= 0.6 is 0 Å². The van der Waals surface area contributed by atoms with Crippen molar-refractivity contribution in [1.82, 2.24) is 30.7 Å². The summed E-state index contributed by atoms with van der Waals surface area (Å²) in [6.07, 6.45) is -0.636. The summed E-state index contributed by atoms with van der Waals surface area (Å²) >= 11 is 0. The van der Waals surface area contributed by atoms with Crippen molar-refractivity contribution in [2.45, 2.75) is 69.1 Å². The molecule has 0 bridgehead atoms. The van der Waals surface area contributed by atoms with Gasteiger partial charge in [0.15, 0.2) is 5.96 Å². The van der Waals surface area contributed by atoms with Crippen LogP contribution in [0, 0.1) is 9.81 Å². The van der Waals surface area contributed by atoms with Crippen molar-refractivity contribution in [3.8, 4) is 0 Å². The van der Waals surface area contributed by atoms with Gasteiger partial charge in [0, 0.05) is 45.7 Å². The lowest BCUT2D eigenvalue weighted by Gasteiger charge is -2.40. The number of carboxylic acid groups (broad SMARTS) is 2. The van der Waals surface area contributed by atoms with E-state index in [0.29, 0.717) is 0 Å². The maximum Gasteiger partial charge on any atom is 0.325 e. The van der Waals surface area contributed by atoms with Gasteiger partial charge in [0.1, 0.15) is 18.1 Å². The number of imide groups is 1. The zero-order valence-electron chi connectivity index (χ0n) is 26.8. The lowest BCUT2D eigenvalue weighted by Crippen LogP contribution is -2.60. The van der Waals surface area contributed by atoms with Crippen molar-refractivity contribution < 1.29 is 43.8 Å². The Morgan fingerprint density at radius 2 is 1.55 bits per heavy atom. The molecule has 2 heterocycles. The summed E-state index contributed by atoms with van der Waals surface area (Å²) in [5, 5.41) is 31.4. The molecule has 0 aromatic heterocycles. The molecule has 0 aromatic rings. The number of carbonyl (C=O) groups is 7. The highest BCUT2D eigenvalue weighted by atomic mass is 16.4. The van der Waals surface area contributed by atoms with Crippen molar-refractivity contribution in [3.05, 3.63) is 9.81 Å². The van der Waals surface area contributed by atoms with Gasteiger partial charge in [-0.05, 0) is 25.7 Å². The lowest BCUT2D eigenvalue weighted by molar-refractivity contribution is -0.146. The zero-order chi connectivity index (χ0) is 36.5. The Morgan fingerprint density at radius 3 is 2.14 bits per heavy atom. The van der Waals surface area contributed by atoms with E-state index in [1.807, 2.05) is 0 Å². The number of nitrogens with zero attached hydrogens (tertiary/aromatic N) is 6. The Hall–Kier alpha value is -5.28. The van der Waals surface area contributed by atoms with E-state index < -0.39 is 72.2 Å². The van der Waals surface area contributed by atoms with E-state index in [1.54, 1.807) is 0 Å². The van der Waals surface area contributed by atoms with Crippen LogP contribution in [-0.2, 0) is 28.8 Å². The van der Waals surface area contributed by atoms with E-state index in [0.717, 1.165) is 4.90 Å². The average molecular weight is 698 g/mol. The molecule has 9 N–H and O–H groups in total. The third-order valence-corrected chi connectivity index (χ3v) is 7.84. The molecule has 0 aromatic carbocycles. The van der Waals surface area contributed by atoms with Crippen molar-refractivity contribution >= 4 is 47.6 Å². The second-order valence-corrected chi connectivity index (χ2v) is 11.3. The van der Waals surface area contributed by atoms with Crippen LogP contribution in [0.25, 0.3) is 0 Å². The van der Waals surface area contributed by atoms with Crippen LogP contribution in [0.3, 0.4) is 0 Å². The van der Waals surface area contributed by atoms with E-state index in [-0.39, 0.29) is 96.8 Å². The topological polar surface area (TPSA) is 329 Å². The van der Waals surface area contributed by atoms with E-state index in [1.165, 1.54) is 9.80 Å². The number of aliphatic imine (C=N–C) groups is 1. The van der Waals surface area contributed by atoms with Crippen molar-refractivity contribution in [2.24, 2.45) is 26.8 Å². The third-order valence-electron chi connectivity index (χ3n) is 7.84. The third kappa shape index (κ3) is 12.7. The van der Waals surface area contributed by atoms with Gasteiger partial charge in [-0.1, -0.05) is 10.4 Å². The van der Waals surface area contributed by atoms with Crippen molar-refractivity contribution in [2.75, 3.05) is 52.4 Å². The molecule has 2 aliphatic heterocycles. The summed E-state index contributed by atoms with van der Waals surface area (Å²) in [7, 11) is 0. The summed E-state index contributed by atoms with van der Waals surface area (Å²) < 4.78 is 0. The predicted molar refractivity (Wildman–Crippen MR) is 169 cm³/mol. The number of hydrogen-bond donors (Lipinski definition) is 7. The van der Waals surface area contributed by atoms with Gasteiger partial charge in [0.2, 0.25) is 17.7 Å². The Balaban J connectivity index is 2.15. The Labute approximate surface area is 280 Å². The van der Waals surface area contributed by atoms with Gasteiger partial charge in [-0.3, -0.25) is 38.7 Å². The number of nitroso groups, excluding NO2 is 2. The lowest BCUT2D eigenvalue weighted by atomic mass is 10.1. The van der Waals surface area contributed by atoms with E-state index in [9.17, 15) is 48.5 Å². The highest BCUT2D eigenvalue weighted by Crippen LogP contribution is 2.20. The molecule has 0 unspecified atom stereocenters. The molecule has 0 aliphatic carbocycles. The van der Waals surface area contributed by atoms with Crippen molar-refractivity contribution in [3.63, 3.8) is 0 Å². The molecular weight excluding hydrogens is 654 g/mol. The largest absolute Gasteiger partial charge is 0.481 e. The number of piperazine rings is 1. The first-order chi connectivity index (χ1) is 23.3. The standard InChI is InChI=1S/C27H43N11O11/c28-26(29)31-7-1-3-16(22(43)30-9-6-20(39)40)34-23(44)19(15-21(41)42)36-11-13-37(14-12-36)25(46)18(5-10-33-49)38-24(45)17(35-27(38)47)4-2-8-32-48/h16-19H,1-15H2,(H,30,43)(H,34,44)(H,35,47)(H,39,40)(H,41,42)(H4,28,29,31)/t16-,17+,18+,19+/m1/s1. The number of carboxylic acids is 2. The monoisotopic (exact) mass is 697 g/mol. The van der Waals surface area contributed by atoms with E-state index >= 15 is 0 Å². The first-order valence-electron chi connectivity index (χ1n) is 15.6. The molecule has 22 heteroatoms. The van der Waals surface area contributed by atoms with Crippen LogP contribution in [0.15, 0.2) is 15.3 Å². The molecule has 272 valence electrons. The maximum atomic E-state index is 13.6. The molecule has 2 aliphatic rings. The quantitative estimate of drug-likeness (QED) is 0.0196. The average Bonchev–Trinajstić information content (AvgIpc) is 3.33. The second-order valence-electron chi connectivity index (χ2n) is 11.3. The number of amides is 6. The first-order valence-corrected chi connectivity index (χ1v) is 15.6. The van der Waals surface area contributed by atoms with E-state index in [2.05, 4.69) is 31.3 Å². The molecule has 2 fully saturated rings. The molecule has 2 rings (SSSR count). The molecule has 2 saturated heterocycles. The Bertz CT molecular complexity index is 1270. The second kappa shape index (κ2) is 20.2. The molecular formula is C27H43N11O11. The molecule has 22 nitrogen and oxygen atoms in total. The van der Waals surface area contributed by atoms with E-state index in [4.69, 9.17) is 16.6 Å². The normalized spacial score (nSPS) is 18.1. The highest BCUT2D eigenvalue weighted by Gasteiger charge is 2.46. The Morgan fingerprint density at radius 1 is 0.878 bits per heavy atom. The van der Waals surface area contributed by atoms with Gasteiger partial charge in [-0.15, -0.1) is 0 Å². The number of aliphatic carboxylic acids is 2. The van der Waals surface area contributed by atoms with Gasteiger partial charge in [0.25, 0.3) is 5.91 Å². The number of rotatable bonds is 22. The number of hydrogen-bond acceptors (Lipinski definition) is 13. The fraction of sp³-hybridized carbons (Fsp3) is 0.704. The van der Waals surface area contributed by atoms with Crippen LogP contribution < -0.4 is 27.4 Å². The summed E-state index contributed by atoms with van der Waals surface area (Å²) in [5.74, 6) is -5.48. The minimum atomic E-state index is -1.36. The fourth-order valence-electron chi connectivity index (χ4n) is 5.41. The number of carbonyl (C=O) groups excluding carboxylic acids is 5. The molecule has 49 heavy (non-hydrogen) atoms. The van der Waals surface area contributed by atoms with Gasteiger partial charge in [-0.25, -0.2) is 9.69 Å². The number of urea groups is 1. The smallest absolute Gasteiger partial charge is 0.325 e. The fourth-order valence-corrected chi connectivity index (χ4v) is 5.41. The van der Waals surface area contributed by atoms with Crippen LogP contribution in [0.2, 0.25) is 0 Å². The van der Waals surface area contributed by atoms with Gasteiger partial charge in [0.05, 0.1) is 32.0 Å². The van der Waals surface area contributed by atoms with Crippen LogP contribution in [0.5, 0.6) is 0 Å². The molecule has 4 atom stereocenters. The van der Waals surface area contributed by atoms with Gasteiger partial charge < -0.3 is 42.5 Å². The number of nitrogens with one attached hydrogen (secondary N) is 3. The summed E-state index contributed by atoms with van der Waals surface area (Å²) in [6, 6.07) is -5.62. The predicted octanol–water partition coefficient (Wildman–Crippen LogP) is -2.90. The maximum absolute atomic E-state index is 13.6. The number of guanidine groups is 1. The zero-order valence-corrected chi connectivity index (χ0v) is 26.8. The van der Waals surface area contributed by atoms with Crippen LogP contribution in [-0.4, -0.2) is 149 Å². The van der Waals surface area contributed by atoms with Crippen LogP contribution in [0.4, 0.5) is 4.79 Å². The molecule has 0 spiro atoms. The Kier molecular flexibility index (Phi) is 16.4. The molecule has 0 saturated carbocycles. The summed E-state index contributed by atoms with van der Waals surface area (Å²) in [4.78, 5) is 117. The van der Waals surface area contributed by atoms with Gasteiger partial charge in [-0.2, -0.15) is 9.81 Å². The molecule has 6 amide bonds. The van der Waals surface area contributed by atoms with Gasteiger partial charge >= 0.3 is 18.0 Å². The minimum Gasteiger partial charge on any atom is -0.481 e.